The molecule has 4 heterocycles. The highest BCUT2D eigenvalue weighted by molar-refractivity contribution is 8.02. The van der Waals surface area contributed by atoms with Crippen molar-refractivity contribution in [1.29, 1.82) is 0 Å². The number of benzene rings is 1. The molecule has 1 aromatic carbocycles. The smallest absolute Gasteiger partial charge is 0.247 e. The minimum atomic E-state index is -0.763. The number of unbranched alkanes of at least 4 members (excludes halogenated alkanes) is 3. The Morgan fingerprint density at radius 1 is 0.946 bits per heavy atom. The summed E-state index contributed by atoms with van der Waals surface area (Å²) < 4.78 is -0.763. The highest BCUT2D eigenvalue weighted by Crippen LogP contribution is 2.61. The van der Waals surface area contributed by atoms with E-state index < -0.39 is 22.6 Å². The molecule has 1 aromatic rings. The summed E-state index contributed by atoms with van der Waals surface area (Å²) >= 11 is 1.63. The average Bonchev–Trinajstić information content (AvgIpc) is 3.22. The number of rotatable bonds is 9. The van der Waals surface area contributed by atoms with E-state index in [1.54, 1.807) is 21.6 Å². The standard InChI is InChI=1S/C29H37N3O4S/c1-2-3-16-30-17-11-15-29-24(27(35)32(25(29)28(30)36)18-8-5-9-20-33)23-22(37-29)14-10-19-31(26(23)34)21-12-6-4-7-13-21/h4,6-7,10-15,22-25,33H,2-3,5,8-9,16-20H2,1H3/t22-,23+,24+,25?,29+/m1/s1. The number of aliphatic hydroxyl groups is 1. The van der Waals surface area contributed by atoms with E-state index in [0.717, 1.165) is 31.4 Å². The molecule has 7 nitrogen and oxygen atoms in total. The van der Waals surface area contributed by atoms with Gasteiger partial charge in [-0.05, 0) is 37.8 Å². The summed E-state index contributed by atoms with van der Waals surface area (Å²) in [5.41, 5.74) is 0.824. The fraction of sp³-hybridized carbons (Fsp3) is 0.552. The van der Waals surface area contributed by atoms with Crippen molar-refractivity contribution in [2.24, 2.45) is 11.8 Å². The first-order chi connectivity index (χ1) is 18.0. The lowest BCUT2D eigenvalue weighted by molar-refractivity contribution is -0.142. The normalized spacial score (nSPS) is 30.9. The largest absolute Gasteiger partial charge is 0.396 e. The average molecular weight is 524 g/mol. The van der Waals surface area contributed by atoms with Crippen molar-refractivity contribution in [3.63, 3.8) is 0 Å². The van der Waals surface area contributed by atoms with Crippen LogP contribution in [0, 0.1) is 11.8 Å². The van der Waals surface area contributed by atoms with Gasteiger partial charge in [-0.25, -0.2) is 0 Å². The summed E-state index contributed by atoms with van der Waals surface area (Å²) in [5.74, 6) is -1.24. The first-order valence-corrected chi connectivity index (χ1v) is 14.5. The van der Waals surface area contributed by atoms with Crippen molar-refractivity contribution < 1.29 is 19.5 Å². The summed E-state index contributed by atoms with van der Waals surface area (Å²) in [7, 11) is 0. The molecule has 1 spiro atoms. The number of amides is 3. The van der Waals surface area contributed by atoms with Gasteiger partial charge < -0.3 is 19.8 Å². The minimum Gasteiger partial charge on any atom is -0.396 e. The number of fused-ring (bicyclic) bond motifs is 2. The number of carbonyl (C=O) groups excluding carboxylic acids is 3. The highest BCUT2D eigenvalue weighted by Gasteiger charge is 2.70. The van der Waals surface area contributed by atoms with Gasteiger partial charge in [-0.3, -0.25) is 14.4 Å². The number of hydrogen-bond acceptors (Lipinski definition) is 5. The summed E-state index contributed by atoms with van der Waals surface area (Å²) in [6.45, 7) is 4.37. The number of thioether (sulfide) groups is 1. The van der Waals surface area contributed by atoms with Crippen molar-refractivity contribution in [3.8, 4) is 0 Å². The lowest BCUT2D eigenvalue weighted by atomic mass is 9.78. The van der Waals surface area contributed by atoms with Gasteiger partial charge in [0.15, 0.2) is 0 Å². The Balaban J connectivity index is 1.53. The molecular weight excluding hydrogens is 486 g/mol. The molecule has 8 heteroatoms. The van der Waals surface area contributed by atoms with Crippen LogP contribution in [0.2, 0.25) is 0 Å². The third-order valence-electron chi connectivity index (χ3n) is 8.15. The Bertz CT molecular complexity index is 1080. The van der Waals surface area contributed by atoms with Gasteiger partial charge in [-0.2, -0.15) is 0 Å². The third-order valence-corrected chi connectivity index (χ3v) is 9.89. The van der Waals surface area contributed by atoms with Crippen molar-refractivity contribution in [3.05, 3.63) is 54.6 Å². The van der Waals surface area contributed by atoms with Crippen LogP contribution in [-0.4, -0.2) is 81.5 Å². The highest BCUT2D eigenvalue weighted by atomic mass is 32.2. The quantitative estimate of drug-likeness (QED) is 0.397. The number of anilines is 1. The molecule has 2 saturated heterocycles. The number of para-hydroxylation sites is 1. The number of aliphatic hydroxyl groups excluding tert-OH is 1. The summed E-state index contributed by atoms with van der Waals surface area (Å²) in [5, 5.41) is 9.07. The van der Waals surface area contributed by atoms with E-state index in [2.05, 4.69) is 19.1 Å². The SMILES string of the molecule is CCCCN1CC=C[C@]23S[C@@H]4C=CCN(c5ccccc5)C(=O)[C@@H]4[C@H]2C(=O)N(CCCCCO)C3C1=O. The van der Waals surface area contributed by atoms with Gasteiger partial charge in [-0.15, -0.1) is 11.8 Å². The number of hydrogen-bond donors (Lipinski definition) is 1. The van der Waals surface area contributed by atoms with E-state index >= 15 is 0 Å². The third kappa shape index (κ3) is 4.52. The van der Waals surface area contributed by atoms with E-state index in [-0.39, 0.29) is 29.6 Å². The van der Waals surface area contributed by atoms with Crippen molar-refractivity contribution in [2.75, 3.05) is 37.7 Å². The Kier molecular flexibility index (Phi) is 7.77. The van der Waals surface area contributed by atoms with Gasteiger partial charge in [0, 0.05) is 43.7 Å². The molecule has 5 atom stereocenters. The maximum Gasteiger partial charge on any atom is 0.247 e. The minimum absolute atomic E-state index is 0.00300. The molecule has 0 saturated carbocycles. The molecule has 0 radical (unpaired) electrons. The fourth-order valence-electron chi connectivity index (χ4n) is 6.38. The van der Waals surface area contributed by atoms with E-state index in [1.807, 2.05) is 47.4 Å². The molecule has 37 heavy (non-hydrogen) atoms. The topological polar surface area (TPSA) is 81.2 Å². The summed E-state index contributed by atoms with van der Waals surface area (Å²) in [4.78, 5) is 47.9. The molecule has 4 aliphatic rings. The summed E-state index contributed by atoms with van der Waals surface area (Å²) in [6.07, 6.45) is 12.3. The lowest BCUT2D eigenvalue weighted by Gasteiger charge is -2.35. The predicted molar refractivity (Wildman–Crippen MR) is 146 cm³/mol. The second-order valence-corrected chi connectivity index (χ2v) is 11.9. The van der Waals surface area contributed by atoms with Crippen LogP contribution in [0.4, 0.5) is 5.69 Å². The lowest BCUT2D eigenvalue weighted by Crippen LogP contribution is -2.53. The molecule has 3 amide bonds. The Labute approximate surface area is 223 Å². The molecule has 1 unspecified atom stereocenters. The monoisotopic (exact) mass is 523 g/mol. The first kappa shape index (κ1) is 26.0. The number of likely N-dealkylation sites (tertiary alicyclic amines) is 1. The van der Waals surface area contributed by atoms with Crippen LogP contribution in [0.25, 0.3) is 0 Å². The van der Waals surface area contributed by atoms with E-state index in [4.69, 9.17) is 0 Å². The zero-order chi connectivity index (χ0) is 26.0. The van der Waals surface area contributed by atoms with Crippen LogP contribution in [-0.2, 0) is 14.4 Å². The fourth-order valence-corrected chi connectivity index (χ4v) is 8.39. The molecule has 2 fully saturated rings. The number of nitrogens with zero attached hydrogens (tertiary/aromatic N) is 3. The van der Waals surface area contributed by atoms with Gasteiger partial charge in [0.25, 0.3) is 0 Å². The first-order valence-electron chi connectivity index (χ1n) is 13.6. The Hall–Kier alpha value is -2.58. The van der Waals surface area contributed by atoms with E-state index in [0.29, 0.717) is 32.6 Å². The van der Waals surface area contributed by atoms with Crippen molar-refractivity contribution in [2.45, 2.75) is 55.1 Å². The van der Waals surface area contributed by atoms with Crippen molar-refractivity contribution >= 4 is 35.2 Å². The number of carbonyl (C=O) groups is 3. The second-order valence-electron chi connectivity index (χ2n) is 10.4. The molecule has 4 aliphatic heterocycles. The molecule has 198 valence electrons. The molecule has 0 bridgehead atoms. The Morgan fingerprint density at radius 3 is 2.51 bits per heavy atom. The van der Waals surface area contributed by atoms with E-state index in [9.17, 15) is 19.5 Å². The molecular formula is C29H37N3O4S. The van der Waals surface area contributed by atoms with Crippen LogP contribution in [0.15, 0.2) is 54.6 Å². The van der Waals surface area contributed by atoms with Crippen LogP contribution in [0.3, 0.4) is 0 Å². The van der Waals surface area contributed by atoms with Crippen LogP contribution >= 0.6 is 11.8 Å². The maximum absolute atomic E-state index is 14.2. The van der Waals surface area contributed by atoms with Gasteiger partial charge >= 0.3 is 0 Å². The van der Waals surface area contributed by atoms with E-state index in [1.165, 1.54) is 0 Å². The molecule has 0 aromatic heterocycles. The Morgan fingerprint density at radius 2 is 1.76 bits per heavy atom. The van der Waals surface area contributed by atoms with Crippen LogP contribution < -0.4 is 4.90 Å². The van der Waals surface area contributed by atoms with Gasteiger partial charge in [0.1, 0.15) is 6.04 Å². The van der Waals surface area contributed by atoms with Gasteiger partial charge in [-0.1, -0.05) is 55.8 Å². The zero-order valence-corrected chi connectivity index (χ0v) is 22.3. The summed E-state index contributed by atoms with van der Waals surface area (Å²) in [6, 6.07) is 9.01. The van der Waals surface area contributed by atoms with Crippen LogP contribution in [0.5, 0.6) is 0 Å². The second kappa shape index (κ2) is 11.0. The molecule has 0 aliphatic carbocycles. The van der Waals surface area contributed by atoms with Gasteiger partial charge in [0.2, 0.25) is 17.7 Å². The molecule has 5 rings (SSSR count). The predicted octanol–water partition coefficient (Wildman–Crippen LogP) is 3.25. The van der Waals surface area contributed by atoms with Crippen molar-refractivity contribution in [1.82, 2.24) is 9.80 Å². The maximum atomic E-state index is 14.2. The van der Waals surface area contributed by atoms with Crippen LogP contribution in [0.1, 0.15) is 39.0 Å². The van der Waals surface area contributed by atoms with Gasteiger partial charge in [0.05, 0.1) is 16.6 Å². The molecule has 1 N–H and O–H groups in total. The zero-order valence-electron chi connectivity index (χ0n) is 21.5.